The molecule has 2 aliphatic carbocycles. The van der Waals surface area contributed by atoms with Crippen LogP contribution in [0.25, 0.3) is 0 Å². The van der Waals surface area contributed by atoms with Crippen LogP contribution in [0.15, 0.2) is 40.9 Å². The van der Waals surface area contributed by atoms with Crippen LogP contribution in [-0.2, 0) is 36.0 Å². The lowest BCUT2D eigenvalue weighted by atomic mass is 9.65. The van der Waals surface area contributed by atoms with Crippen LogP contribution in [0.3, 0.4) is 0 Å². The van der Waals surface area contributed by atoms with Crippen LogP contribution in [0.5, 0.6) is 0 Å². The summed E-state index contributed by atoms with van der Waals surface area (Å²) in [5.41, 5.74) is 5.13. The number of rotatable bonds is 2. The van der Waals surface area contributed by atoms with Gasteiger partial charge in [0.15, 0.2) is 10.7 Å². The molecule has 6 heteroatoms. The van der Waals surface area contributed by atoms with Crippen molar-refractivity contribution in [1.29, 1.82) is 0 Å². The fourth-order valence-corrected chi connectivity index (χ4v) is 6.33. The van der Waals surface area contributed by atoms with E-state index in [0.29, 0.717) is 11.5 Å². The molecule has 3 N–H and O–H groups in total. The number of carbonyl (C=O) groups excluding carboxylic acids is 1. The van der Waals surface area contributed by atoms with E-state index in [4.69, 9.17) is 12.2 Å². The molecule has 1 fully saturated rings. The van der Waals surface area contributed by atoms with Crippen molar-refractivity contribution in [2.75, 3.05) is 6.61 Å². The maximum absolute atomic E-state index is 13.4. The summed E-state index contributed by atoms with van der Waals surface area (Å²) >= 11 is 8.98. The van der Waals surface area contributed by atoms with E-state index in [1.165, 1.54) is 22.3 Å². The molecule has 0 bridgehead atoms. The molecule has 2 aromatic rings. The van der Waals surface area contributed by atoms with Crippen LogP contribution in [0.1, 0.15) is 40.7 Å². The highest BCUT2D eigenvalue weighted by molar-refractivity contribution is 9.10. The number of fused-ring (bicyclic) bond motifs is 4. The van der Waals surface area contributed by atoms with Gasteiger partial charge in [-0.2, -0.15) is 0 Å². The van der Waals surface area contributed by atoms with Gasteiger partial charge in [0.2, 0.25) is 0 Å². The monoisotopic (exact) mass is 470 g/mol. The van der Waals surface area contributed by atoms with Gasteiger partial charge in [-0.15, -0.1) is 0 Å². The van der Waals surface area contributed by atoms with Gasteiger partial charge in [-0.05, 0) is 90.7 Å². The van der Waals surface area contributed by atoms with E-state index < -0.39 is 5.54 Å². The zero-order valence-corrected chi connectivity index (χ0v) is 18.5. The molecule has 5 rings (SSSR count). The Morgan fingerprint density at radius 2 is 1.83 bits per heavy atom. The quantitative estimate of drug-likeness (QED) is 0.589. The standard InChI is InChI=1S/C23H23BrN2O2S/c24-18-4-3-17-13-22(23(19(17)12-18)20(28)25-21(29)26-23)8-5-15-2-1-14(7-10-27)11-16(15)6-9-22/h1-4,11-12,27H,5-10,13H2,(H2,25,26,28,29). The Morgan fingerprint density at radius 1 is 1.07 bits per heavy atom. The number of halogens is 1. The van der Waals surface area contributed by atoms with Gasteiger partial charge in [-0.3, -0.25) is 4.79 Å². The first-order valence-electron chi connectivity index (χ1n) is 10.1. The second-order valence-corrected chi connectivity index (χ2v) is 9.82. The number of carbonyl (C=O) groups is 1. The lowest BCUT2D eigenvalue weighted by Crippen LogP contribution is -2.55. The topological polar surface area (TPSA) is 61.4 Å². The molecule has 2 atom stereocenters. The summed E-state index contributed by atoms with van der Waals surface area (Å²) in [5.74, 6) is -0.0220. The number of benzene rings is 2. The molecule has 1 saturated heterocycles. The highest BCUT2D eigenvalue weighted by atomic mass is 79.9. The molecular weight excluding hydrogens is 448 g/mol. The third-order valence-corrected chi connectivity index (χ3v) is 7.78. The largest absolute Gasteiger partial charge is 0.396 e. The van der Waals surface area contributed by atoms with Gasteiger partial charge in [0.1, 0.15) is 0 Å². The minimum absolute atomic E-state index is 0.0220. The molecule has 2 aromatic carbocycles. The molecule has 0 aromatic heterocycles. The number of amides is 1. The van der Waals surface area contributed by atoms with Crippen molar-refractivity contribution in [1.82, 2.24) is 10.6 Å². The van der Waals surface area contributed by atoms with Crippen LogP contribution in [0.4, 0.5) is 0 Å². The Morgan fingerprint density at radius 3 is 2.55 bits per heavy atom. The van der Waals surface area contributed by atoms with E-state index in [0.717, 1.165) is 42.1 Å². The van der Waals surface area contributed by atoms with Gasteiger partial charge in [-0.25, -0.2) is 0 Å². The third kappa shape index (κ3) is 2.80. The number of hydrogen-bond acceptors (Lipinski definition) is 3. The number of aryl methyl sites for hydroxylation is 2. The Balaban J connectivity index is 1.59. The van der Waals surface area contributed by atoms with Crippen LogP contribution in [-0.4, -0.2) is 22.7 Å². The SMILES string of the molecule is O=C1NC(=S)NC12c1cc(Br)ccc1CC21CCc2ccc(CCO)cc2CC1. The molecule has 2 spiro atoms. The second-order valence-electron chi connectivity index (χ2n) is 8.49. The maximum Gasteiger partial charge on any atom is 0.257 e. The summed E-state index contributed by atoms with van der Waals surface area (Å²) < 4.78 is 0.977. The molecule has 0 radical (unpaired) electrons. The first kappa shape index (κ1) is 19.2. The predicted molar refractivity (Wildman–Crippen MR) is 120 cm³/mol. The Labute approximate surface area is 184 Å². The average Bonchev–Trinajstić information content (AvgIpc) is 3.06. The first-order valence-corrected chi connectivity index (χ1v) is 11.3. The van der Waals surface area contributed by atoms with Crippen LogP contribution in [0.2, 0.25) is 0 Å². The number of aliphatic hydroxyl groups excluding tert-OH is 1. The molecule has 150 valence electrons. The Hall–Kier alpha value is -1.76. The van der Waals surface area contributed by atoms with E-state index in [-0.39, 0.29) is 17.9 Å². The van der Waals surface area contributed by atoms with Crippen molar-refractivity contribution < 1.29 is 9.90 Å². The van der Waals surface area contributed by atoms with Crippen molar-refractivity contribution in [3.63, 3.8) is 0 Å². The number of thiocarbonyl (C=S) groups is 1. The van der Waals surface area contributed by atoms with E-state index in [2.05, 4.69) is 63.0 Å². The zero-order chi connectivity index (χ0) is 20.2. The molecule has 4 nitrogen and oxygen atoms in total. The molecule has 0 saturated carbocycles. The van der Waals surface area contributed by atoms with Crippen molar-refractivity contribution in [2.45, 2.75) is 44.1 Å². The van der Waals surface area contributed by atoms with Gasteiger partial charge in [0.05, 0.1) is 0 Å². The number of nitrogens with one attached hydrogen (secondary N) is 2. The summed E-state index contributed by atoms with van der Waals surface area (Å²) in [6.07, 6.45) is 5.25. The minimum atomic E-state index is -0.806. The van der Waals surface area contributed by atoms with E-state index in [9.17, 15) is 9.90 Å². The molecule has 2 unspecified atom stereocenters. The van der Waals surface area contributed by atoms with Gasteiger partial charge in [0, 0.05) is 16.5 Å². The predicted octanol–water partition coefficient (Wildman–Crippen LogP) is 3.31. The molecular formula is C23H23BrN2O2S. The third-order valence-electron chi connectivity index (χ3n) is 7.09. The molecule has 1 aliphatic heterocycles. The molecule has 3 aliphatic rings. The van der Waals surface area contributed by atoms with Crippen LogP contribution >= 0.6 is 28.1 Å². The molecule has 1 amide bonds. The lowest BCUT2D eigenvalue weighted by molar-refractivity contribution is -0.129. The maximum atomic E-state index is 13.4. The highest BCUT2D eigenvalue weighted by Crippen LogP contribution is 2.58. The van der Waals surface area contributed by atoms with Gasteiger partial charge in [0.25, 0.3) is 5.91 Å². The second kappa shape index (κ2) is 6.89. The van der Waals surface area contributed by atoms with Gasteiger partial charge in [-0.1, -0.05) is 40.2 Å². The fourth-order valence-electron chi connectivity index (χ4n) is 5.72. The number of aliphatic hydroxyl groups is 1. The lowest BCUT2D eigenvalue weighted by Gasteiger charge is -2.42. The summed E-state index contributed by atoms with van der Waals surface area (Å²) in [7, 11) is 0. The summed E-state index contributed by atoms with van der Waals surface area (Å²) in [4.78, 5) is 13.4. The fraction of sp³-hybridized carbons (Fsp3) is 0.391. The van der Waals surface area contributed by atoms with E-state index in [1.54, 1.807) is 0 Å². The van der Waals surface area contributed by atoms with Crippen molar-refractivity contribution in [3.05, 3.63) is 68.7 Å². The number of hydrogen-bond donors (Lipinski definition) is 3. The average molecular weight is 471 g/mol. The molecule has 29 heavy (non-hydrogen) atoms. The van der Waals surface area contributed by atoms with E-state index >= 15 is 0 Å². The zero-order valence-electron chi connectivity index (χ0n) is 16.1. The van der Waals surface area contributed by atoms with Crippen LogP contribution < -0.4 is 10.6 Å². The smallest absolute Gasteiger partial charge is 0.257 e. The normalized spacial score (nSPS) is 27.5. The molecule has 1 heterocycles. The van der Waals surface area contributed by atoms with Crippen molar-refractivity contribution >= 4 is 39.2 Å². The van der Waals surface area contributed by atoms with Gasteiger partial charge >= 0.3 is 0 Å². The Kier molecular flexibility index (Phi) is 4.57. The first-order chi connectivity index (χ1) is 14.0. The summed E-state index contributed by atoms with van der Waals surface area (Å²) in [6, 6.07) is 12.9. The highest BCUT2D eigenvalue weighted by Gasteiger charge is 2.64. The summed E-state index contributed by atoms with van der Waals surface area (Å²) in [6.45, 7) is 0.164. The minimum Gasteiger partial charge on any atom is -0.396 e. The van der Waals surface area contributed by atoms with Crippen molar-refractivity contribution in [2.24, 2.45) is 5.41 Å². The summed E-state index contributed by atoms with van der Waals surface area (Å²) in [5, 5.41) is 16.0. The van der Waals surface area contributed by atoms with E-state index in [1.807, 2.05) is 0 Å². The van der Waals surface area contributed by atoms with Crippen LogP contribution in [0, 0.1) is 5.41 Å². The van der Waals surface area contributed by atoms with Gasteiger partial charge < -0.3 is 15.7 Å². The van der Waals surface area contributed by atoms with Crippen molar-refractivity contribution in [3.8, 4) is 0 Å². The Bertz CT molecular complexity index is 1040.